The Morgan fingerprint density at radius 3 is 2.54 bits per heavy atom. The molecule has 9 heteroatoms. The molecule has 0 bridgehead atoms. The fraction of sp³-hybridized carbons (Fsp3) is 0.294. The molecular formula is C17H21N5O4. The molecule has 9 nitrogen and oxygen atoms in total. The van der Waals surface area contributed by atoms with Crippen molar-refractivity contribution in [2.45, 2.75) is 13.0 Å². The van der Waals surface area contributed by atoms with Crippen molar-refractivity contribution < 1.29 is 19.8 Å². The summed E-state index contributed by atoms with van der Waals surface area (Å²) >= 11 is 0. The molecule has 1 aromatic carbocycles. The van der Waals surface area contributed by atoms with E-state index in [1.54, 1.807) is 6.20 Å². The Morgan fingerprint density at radius 1 is 1.23 bits per heavy atom. The Balaban J connectivity index is 0.000000352. The van der Waals surface area contributed by atoms with Crippen LogP contribution in [-0.4, -0.2) is 67.7 Å². The quantitative estimate of drug-likeness (QED) is 0.582. The van der Waals surface area contributed by atoms with Crippen LogP contribution in [0.1, 0.15) is 11.1 Å². The third-order valence-electron chi connectivity index (χ3n) is 3.66. The SMILES string of the molecule is CN(C)CCc1c[nH]c2ccc(Cn3ccnn3)cc12.O=C(O)C(=O)O. The second kappa shape index (κ2) is 8.77. The monoisotopic (exact) mass is 359 g/mol. The highest BCUT2D eigenvalue weighted by Gasteiger charge is 2.06. The maximum Gasteiger partial charge on any atom is 0.414 e. The number of benzene rings is 1. The van der Waals surface area contributed by atoms with Crippen molar-refractivity contribution in [1.82, 2.24) is 24.9 Å². The van der Waals surface area contributed by atoms with Gasteiger partial charge in [0.25, 0.3) is 0 Å². The van der Waals surface area contributed by atoms with Gasteiger partial charge in [0.2, 0.25) is 0 Å². The lowest BCUT2D eigenvalue weighted by Crippen LogP contribution is -2.14. The van der Waals surface area contributed by atoms with Gasteiger partial charge in [0.1, 0.15) is 0 Å². The number of nitrogens with zero attached hydrogens (tertiary/aromatic N) is 4. The first kappa shape index (κ1) is 19.1. The van der Waals surface area contributed by atoms with Crippen LogP contribution in [0.4, 0.5) is 0 Å². The fourth-order valence-corrected chi connectivity index (χ4v) is 2.38. The van der Waals surface area contributed by atoms with E-state index in [0.717, 1.165) is 19.5 Å². The lowest BCUT2D eigenvalue weighted by atomic mass is 10.1. The van der Waals surface area contributed by atoms with Crippen molar-refractivity contribution in [3.05, 3.63) is 47.9 Å². The molecule has 0 fully saturated rings. The fourth-order valence-electron chi connectivity index (χ4n) is 2.38. The molecule has 0 radical (unpaired) electrons. The average molecular weight is 359 g/mol. The van der Waals surface area contributed by atoms with Gasteiger partial charge >= 0.3 is 11.9 Å². The van der Waals surface area contributed by atoms with Crippen LogP contribution < -0.4 is 0 Å². The van der Waals surface area contributed by atoms with E-state index in [0.29, 0.717) is 0 Å². The van der Waals surface area contributed by atoms with Crippen molar-refractivity contribution in [3.63, 3.8) is 0 Å². The summed E-state index contributed by atoms with van der Waals surface area (Å²) in [5, 5.41) is 23.9. The van der Waals surface area contributed by atoms with Gasteiger partial charge in [0.15, 0.2) is 0 Å². The van der Waals surface area contributed by atoms with Gasteiger partial charge in [0, 0.05) is 29.8 Å². The number of nitrogens with one attached hydrogen (secondary N) is 1. The van der Waals surface area contributed by atoms with Crippen LogP contribution in [0.2, 0.25) is 0 Å². The number of aromatic nitrogens is 4. The van der Waals surface area contributed by atoms with E-state index in [2.05, 4.69) is 58.7 Å². The smallest absolute Gasteiger partial charge is 0.414 e. The molecule has 0 spiro atoms. The van der Waals surface area contributed by atoms with Gasteiger partial charge in [-0.25, -0.2) is 14.3 Å². The second-order valence-corrected chi connectivity index (χ2v) is 5.96. The topological polar surface area (TPSA) is 124 Å². The summed E-state index contributed by atoms with van der Waals surface area (Å²) in [5.74, 6) is -3.65. The summed E-state index contributed by atoms with van der Waals surface area (Å²) in [6.07, 6.45) is 6.76. The third kappa shape index (κ3) is 5.42. The Bertz CT molecular complexity index is 859. The largest absolute Gasteiger partial charge is 0.473 e. The molecule has 138 valence electrons. The summed E-state index contributed by atoms with van der Waals surface area (Å²) in [6.45, 7) is 1.81. The number of carbonyl (C=O) groups is 2. The maximum atomic E-state index is 9.10. The number of H-pyrrole nitrogens is 1. The number of aromatic amines is 1. The first-order valence-corrected chi connectivity index (χ1v) is 7.90. The number of rotatable bonds is 5. The zero-order valence-electron chi connectivity index (χ0n) is 14.6. The molecule has 26 heavy (non-hydrogen) atoms. The molecule has 0 amide bonds. The molecular weight excluding hydrogens is 338 g/mol. The van der Waals surface area contributed by atoms with Crippen molar-refractivity contribution in [3.8, 4) is 0 Å². The molecule has 2 heterocycles. The summed E-state index contributed by atoms with van der Waals surface area (Å²) in [4.78, 5) is 23.8. The minimum atomic E-state index is -1.82. The van der Waals surface area contributed by atoms with E-state index < -0.39 is 11.9 Å². The van der Waals surface area contributed by atoms with Gasteiger partial charge in [0.05, 0.1) is 12.7 Å². The molecule has 2 aromatic heterocycles. The zero-order chi connectivity index (χ0) is 19.1. The van der Waals surface area contributed by atoms with Crippen LogP contribution in [0.25, 0.3) is 10.9 Å². The van der Waals surface area contributed by atoms with Gasteiger partial charge in [-0.3, -0.25) is 0 Å². The summed E-state index contributed by atoms with van der Waals surface area (Å²) in [6, 6.07) is 6.52. The minimum absolute atomic E-state index is 0.758. The molecule has 3 rings (SSSR count). The van der Waals surface area contributed by atoms with Crippen LogP contribution in [0.3, 0.4) is 0 Å². The molecule has 0 saturated carbocycles. The van der Waals surface area contributed by atoms with E-state index in [4.69, 9.17) is 19.8 Å². The molecule has 3 N–H and O–H groups in total. The van der Waals surface area contributed by atoms with E-state index >= 15 is 0 Å². The molecule has 0 atom stereocenters. The zero-order valence-corrected chi connectivity index (χ0v) is 14.6. The first-order chi connectivity index (χ1) is 12.4. The standard InChI is InChI=1S/C15H19N5.C2H2O4/c1-19(2)7-5-13-10-16-15-4-3-12(9-14(13)15)11-20-8-6-17-18-20;3-1(4)2(5)6/h3-4,6,8-10,16H,5,7,11H2,1-2H3;(H,3,4)(H,5,6). The molecule has 0 unspecified atom stereocenters. The van der Waals surface area contributed by atoms with Gasteiger partial charge in [-0.15, -0.1) is 5.10 Å². The molecule has 0 saturated heterocycles. The van der Waals surface area contributed by atoms with Gasteiger partial charge in [-0.1, -0.05) is 11.3 Å². The van der Waals surface area contributed by atoms with Crippen molar-refractivity contribution in [2.75, 3.05) is 20.6 Å². The lowest BCUT2D eigenvalue weighted by molar-refractivity contribution is -0.159. The van der Waals surface area contributed by atoms with Crippen molar-refractivity contribution >= 4 is 22.8 Å². The number of carboxylic acids is 2. The number of aliphatic carboxylic acids is 2. The Hall–Kier alpha value is -3.20. The first-order valence-electron chi connectivity index (χ1n) is 7.90. The Kier molecular flexibility index (Phi) is 6.45. The number of likely N-dealkylation sites (N-methyl/N-ethyl adjacent to an activating group) is 1. The predicted octanol–water partition coefficient (Wildman–Crippen LogP) is 1.07. The third-order valence-corrected chi connectivity index (χ3v) is 3.66. The maximum absolute atomic E-state index is 9.10. The average Bonchev–Trinajstić information content (AvgIpc) is 3.23. The number of fused-ring (bicyclic) bond motifs is 1. The minimum Gasteiger partial charge on any atom is -0.473 e. The highest BCUT2D eigenvalue weighted by Crippen LogP contribution is 2.21. The summed E-state index contributed by atoms with van der Waals surface area (Å²) in [5.41, 5.74) is 3.81. The second-order valence-electron chi connectivity index (χ2n) is 5.96. The Labute approximate surface area is 149 Å². The van der Waals surface area contributed by atoms with Crippen LogP contribution in [0.15, 0.2) is 36.8 Å². The van der Waals surface area contributed by atoms with E-state index in [-0.39, 0.29) is 0 Å². The number of carboxylic acid groups (broad SMARTS) is 2. The molecule has 0 aliphatic carbocycles. The van der Waals surface area contributed by atoms with E-state index in [1.165, 1.54) is 22.0 Å². The highest BCUT2D eigenvalue weighted by atomic mass is 16.4. The van der Waals surface area contributed by atoms with Crippen molar-refractivity contribution in [2.24, 2.45) is 0 Å². The summed E-state index contributed by atoms with van der Waals surface area (Å²) in [7, 11) is 4.20. The van der Waals surface area contributed by atoms with Crippen LogP contribution in [0, 0.1) is 0 Å². The van der Waals surface area contributed by atoms with Crippen LogP contribution in [-0.2, 0) is 22.6 Å². The van der Waals surface area contributed by atoms with Gasteiger partial charge in [-0.05, 0) is 43.8 Å². The van der Waals surface area contributed by atoms with Crippen LogP contribution in [0.5, 0.6) is 0 Å². The lowest BCUT2D eigenvalue weighted by Gasteiger charge is -2.08. The normalized spacial score (nSPS) is 10.6. The molecule has 0 aliphatic heterocycles. The number of hydrogen-bond acceptors (Lipinski definition) is 5. The van der Waals surface area contributed by atoms with E-state index in [1.807, 2.05) is 10.9 Å². The van der Waals surface area contributed by atoms with Gasteiger partial charge in [-0.2, -0.15) is 0 Å². The number of hydrogen-bond donors (Lipinski definition) is 3. The van der Waals surface area contributed by atoms with Crippen LogP contribution >= 0.6 is 0 Å². The molecule has 3 aromatic rings. The van der Waals surface area contributed by atoms with E-state index in [9.17, 15) is 0 Å². The van der Waals surface area contributed by atoms with Crippen molar-refractivity contribution in [1.29, 1.82) is 0 Å². The highest BCUT2D eigenvalue weighted by molar-refractivity contribution is 6.27. The predicted molar refractivity (Wildman–Crippen MR) is 95.0 cm³/mol. The molecule has 0 aliphatic rings. The Morgan fingerprint density at radius 2 is 1.96 bits per heavy atom. The summed E-state index contributed by atoms with van der Waals surface area (Å²) < 4.78 is 1.84. The van der Waals surface area contributed by atoms with Gasteiger partial charge < -0.3 is 20.1 Å².